The van der Waals surface area contributed by atoms with E-state index in [4.69, 9.17) is 17.4 Å². The fourth-order valence-electron chi connectivity index (χ4n) is 2.31. The molecular weight excluding hydrogens is 168 g/mol. The van der Waals surface area contributed by atoms with Gasteiger partial charge in [0.2, 0.25) is 0 Å². The third-order valence-electron chi connectivity index (χ3n) is 3.11. The Morgan fingerprint density at radius 1 is 1.50 bits per heavy atom. The van der Waals surface area contributed by atoms with Gasteiger partial charge in [-0.1, -0.05) is 12.2 Å². The zero-order valence-electron chi connectivity index (χ0n) is 7.38. The van der Waals surface area contributed by atoms with Crippen LogP contribution in [0.4, 0.5) is 0 Å². The first-order chi connectivity index (χ1) is 5.73. The monoisotopic (exact) mass is 184 g/mol. The van der Waals surface area contributed by atoms with Crippen molar-refractivity contribution in [2.24, 2.45) is 0 Å². The number of thiol groups is 1. The van der Waals surface area contributed by atoms with E-state index in [-0.39, 0.29) is 4.75 Å². The van der Waals surface area contributed by atoms with E-state index in [1.807, 2.05) is 0 Å². The maximum absolute atomic E-state index is 5.67. The van der Waals surface area contributed by atoms with Crippen molar-refractivity contribution in [1.29, 1.82) is 0 Å². The number of rotatable bonds is 1. The summed E-state index contributed by atoms with van der Waals surface area (Å²) in [5, 5.41) is 0. The van der Waals surface area contributed by atoms with Crippen LogP contribution in [-0.4, -0.2) is 17.5 Å². The van der Waals surface area contributed by atoms with Gasteiger partial charge in [0, 0.05) is 6.61 Å². The zero-order chi connectivity index (χ0) is 8.60. The maximum atomic E-state index is 5.67. The van der Waals surface area contributed by atoms with E-state index in [0.29, 0.717) is 6.10 Å². The summed E-state index contributed by atoms with van der Waals surface area (Å²) in [6.45, 7) is 5.01. The molecule has 0 aromatic carbocycles. The van der Waals surface area contributed by atoms with Crippen LogP contribution in [0.1, 0.15) is 32.1 Å². The Balaban J connectivity index is 2.13. The van der Waals surface area contributed by atoms with Gasteiger partial charge < -0.3 is 4.74 Å². The minimum Gasteiger partial charge on any atom is -0.376 e. The van der Waals surface area contributed by atoms with E-state index in [1.54, 1.807) is 0 Å². The van der Waals surface area contributed by atoms with Crippen molar-refractivity contribution in [1.82, 2.24) is 0 Å². The number of hydrogen-bond donors (Lipinski definition) is 1. The van der Waals surface area contributed by atoms with E-state index in [0.717, 1.165) is 19.4 Å². The highest BCUT2D eigenvalue weighted by atomic mass is 32.1. The lowest BCUT2D eigenvalue weighted by atomic mass is 9.94. The lowest BCUT2D eigenvalue weighted by molar-refractivity contribution is 0.0901. The fraction of sp³-hybridized carbons (Fsp3) is 0.800. The van der Waals surface area contributed by atoms with Gasteiger partial charge in [0.25, 0.3) is 0 Å². The molecule has 1 saturated carbocycles. The number of hydrogen-bond acceptors (Lipinski definition) is 2. The predicted octanol–water partition coefficient (Wildman–Crippen LogP) is 2.57. The molecule has 2 aliphatic rings. The van der Waals surface area contributed by atoms with E-state index in [2.05, 4.69) is 6.58 Å². The summed E-state index contributed by atoms with van der Waals surface area (Å²) in [4.78, 5) is 0. The first-order valence-corrected chi connectivity index (χ1v) is 5.20. The van der Waals surface area contributed by atoms with Crippen molar-refractivity contribution in [3.63, 3.8) is 0 Å². The second-order valence-corrected chi connectivity index (χ2v) is 4.68. The molecule has 1 aliphatic heterocycles. The van der Waals surface area contributed by atoms with Gasteiger partial charge in [-0.3, -0.25) is 0 Å². The normalized spacial score (nSPS) is 42.4. The van der Waals surface area contributed by atoms with Gasteiger partial charge in [0.05, 0.1) is 10.9 Å². The van der Waals surface area contributed by atoms with Crippen molar-refractivity contribution < 1.29 is 4.74 Å². The molecule has 1 heterocycles. The first kappa shape index (κ1) is 8.64. The predicted molar refractivity (Wildman–Crippen MR) is 53.7 cm³/mol. The molecule has 12 heavy (non-hydrogen) atoms. The summed E-state index contributed by atoms with van der Waals surface area (Å²) in [6.07, 6.45) is 6.24. The van der Waals surface area contributed by atoms with E-state index in [9.17, 15) is 0 Å². The van der Waals surface area contributed by atoms with Crippen LogP contribution in [0.5, 0.6) is 0 Å². The Labute approximate surface area is 79.6 Å². The first-order valence-electron chi connectivity index (χ1n) is 4.76. The second kappa shape index (κ2) is 3.08. The molecule has 0 amide bonds. The molecule has 1 saturated heterocycles. The summed E-state index contributed by atoms with van der Waals surface area (Å²) >= 11 is 4.75. The molecule has 0 radical (unpaired) electrons. The Morgan fingerprint density at radius 3 is 2.83 bits per heavy atom. The molecule has 2 atom stereocenters. The van der Waals surface area contributed by atoms with Crippen LogP contribution in [0.25, 0.3) is 0 Å². The molecule has 2 fully saturated rings. The van der Waals surface area contributed by atoms with E-state index >= 15 is 0 Å². The Bertz CT molecular complexity index is 196. The quantitative estimate of drug-likeness (QED) is 0.487. The van der Waals surface area contributed by atoms with Crippen molar-refractivity contribution in [3.8, 4) is 0 Å². The maximum Gasteiger partial charge on any atom is 0.0757 e. The molecule has 0 bridgehead atoms. The van der Waals surface area contributed by atoms with Crippen LogP contribution in [0.3, 0.4) is 0 Å². The zero-order valence-corrected chi connectivity index (χ0v) is 8.28. The molecule has 2 unspecified atom stereocenters. The standard InChI is InChI=1S/C10H16OS/c1-8-4-2-6-10(8,12)9-5-3-7-11-9/h9,12H,1-7H2. The minimum atomic E-state index is 0.0104. The lowest BCUT2D eigenvalue weighted by Crippen LogP contribution is -2.34. The van der Waals surface area contributed by atoms with Crippen LogP contribution in [0, 0.1) is 0 Å². The summed E-state index contributed by atoms with van der Waals surface area (Å²) in [5.41, 5.74) is 1.29. The average Bonchev–Trinajstić information content (AvgIpc) is 2.62. The topological polar surface area (TPSA) is 9.23 Å². The van der Waals surface area contributed by atoms with E-state index < -0.39 is 0 Å². The van der Waals surface area contributed by atoms with Crippen LogP contribution in [-0.2, 0) is 4.74 Å². The van der Waals surface area contributed by atoms with Crippen molar-refractivity contribution in [3.05, 3.63) is 12.2 Å². The summed E-state index contributed by atoms with van der Waals surface area (Å²) in [7, 11) is 0. The third kappa shape index (κ3) is 1.21. The van der Waals surface area contributed by atoms with Gasteiger partial charge in [-0.15, -0.1) is 0 Å². The SMILES string of the molecule is C=C1CCCC1(S)C1CCCO1. The van der Waals surface area contributed by atoms with Gasteiger partial charge in [0.15, 0.2) is 0 Å². The van der Waals surface area contributed by atoms with Gasteiger partial charge in [0.1, 0.15) is 0 Å². The lowest BCUT2D eigenvalue weighted by Gasteiger charge is -2.30. The van der Waals surface area contributed by atoms with Crippen molar-refractivity contribution in [2.75, 3.05) is 6.61 Å². The van der Waals surface area contributed by atoms with Crippen LogP contribution in [0.15, 0.2) is 12.2 Å². The second-order valence-electron chi connectivity index (χ2n) is 3.88. The Morgan fingerprint density at radius 2 is 2.33 bits per heavy atom. The smallest absolute Gasteiger partial charge is 0.0757 e. The molecule has 1 nitrogen and oxygen atoms in total. The Kier molecular flexibility index (Phi) is 2.21. The Hall–Kier alpha value is 0.0500. The van der Waals surface area contributed by atoms with Gasteiger partial charge in [-0.25, -0.2) is 0 Å². The summed E-state index contributed by atoms with van der Waals surface area (Å²) in [6, 6.07) is 0. The van der Waals surface area contributed by atoms with Crippen molar-refractivity contribution >= 4 is 12.6 Å². The van der Waals surface area contributed by atoms with Crippen LogP contribution < -0.4 is 0 Å². The molecule has 2 heteroatoms. The molecule has 0 N–H and O–H groups in total. The van der Waals surface area contributed by atoms with Crippen LogP contribution >= 0.6 is 12.6 Å². The highest BCUT2D eigenvalue weighted by Crippen LogP contribution is 2.45. The van der Waals surface area contributed by atoms with Gasteiger partial charge in [-0.05, 0) is 32.1 Å². The molecule has 0 aromatic heterocycles. The van der Waals surface area contributed by atoms with Gasteiger partial charge in [-0.2, -0.15) is 12.6 Å². The van der Waals surface area contributed by atoms with Crippen LogP contribution in [0.2, 0.25) is 0 Å². The average molecular weight is 184 g/mol. The molecule has 0 aromatic rings. The molecule has 2 rings (SSSR count). The van der Waals surface area contributed by atoms with Gasteiger partial charge >= 0.3 is 0 Å². The fourth-order valence-corrected chi connectivity index (χ4v) is 2.78. The van der Waals surface area contributed by atoms with E-state index in [1.165, 1.54) is 24.8 Å². The molecule has 0 spiro atoms. The minimum absolute atomic E-state index is 0.0104. The third-order valence-corrected chi connectivity index (χ3v) is 3.94. The van der Waals surface area contributed by atoms with Crippen molar-refractivity contribution in [2.45, 2.75) is 43.0 Å². The molecule has 1 aliphatic carbocycles. The summed E-state index contributed by atoms with van der Waals surface area (Å²) in [5.74, 6) is 0. The highest BCUT2D eigenvalue weighted by Gasteiger charge is 2.42. The molecule has 68 valence electrons. The highest BCUT2D eigenvalue weighted by molar-refractivity contribution is 7.82. The largest absolute Gasteiger partial charge is 0.376 e. The molecular formula is C10H16OS. The number of ether oxygens (including phenoxy) is 1. The summed E-state index contributed by atoms with van der Waals surface area (Å²) < 4.78 is 5.68.